The van der Waals surface area contributed by atoms with Gasteiger partial charge in [0.15, 0.2) is 0 Å². The van der Waals surface area contributed by atoms with Crippen LogP contribution in [0, 0.1) is 0 Å². The average molecular weight is 471 g/mol. The van der Waals surface area contributed by atoms with E-state index in [4.69, 9.17) is 16.6 Å². The van der Waals surface area contributed by atoms with Crippen LogP contribution in [0.25, 0.3) is 0 Å². The van der Waals surface area contributed by atoms with E-state index in [2.05, 4.69) is 32.7 Å². The van der Waals surface area contributed by atoms with Crippen LogP contribution in [-0.2, 0) is 17.8 Å². The van der Waals surface area contributed by atoms with E-state index in [9.17, 15) is 9.59 Å². The first-order valence-electron chi connectivity index (χ1n) is 11.5. The van der Waals surface area contributed by atoms with Crippen molar-refractivity contribution in [2.45, 2.75) is 58.7 Å². The summed E-state index contributed by atoms with van der Waals surface area (Å²) in [6.07, 6.45) is 3.03. The molecule has 1 aromatic carbocycles. The van der Waals surface area contributed by atoms with Crippen LogP contribution in [0.5, 0.6) is 0 Å². The quantitative estimate of drug-likeness (QED) is 0.575. The minimum absolute atomic E-state index is 0.0537. The Morgan fingerprint density at radius 3 is 2.67 bits per heavy atom. The maximum absolute atomic E-state index is 13.1. The second-order valence-electron chi connectivity index (χ2n) is 8.95. The van der Waals surface area contributed by atoms with Gasteiger partial charge >= 0.3 is 0 Å². The molecule has 4 rings (SSSR count). The Bertz CT molecular complexity index is 1030. The predicted molar refractivity (Wildman–Crippen MR) is 130 cm³/mol. The minimum atomic E-state index is -0.0859. The fourth-order valence-corrected chi connectivity index (χ4v) is 4.66. The van der Waals surface area contributed by atoms with Gasteiger partial charge < -0.3 is 20.4 Å². The van der Waals surface area contributed by atoms with E-state index in [-0.39, 0.29) is 17.9 Å². The zero-order chi connectivity index (χ0) is 23.5. The monoisotopic (exact) mass is 470 g/mol. The first-order valence-corrected chi connectivity index (χ1v) is 11.9. The summed E-state index contributed by atoms with van der Waals surface area (Å²) < 4.78 is 0. The van der Waals surface area contributed by atoms with E-state index >= 15 is 0 Å². The summed E-state index contributed by atoms with van der Waals surface area (Å²) in [4.78, 5) is 37.9. The lowest BCUT2D eigenvalue weighted by atomic mass is 10.0. The molecule has 2 aliphatic rings. The van der Waals surface area contributed by atoms with Gasteiger partial charge in [-0.15, -0.1) is 0 Å². The number of carbonyl (C=O) groups is 2. The highest BCUT2D eigenvalue weighted by atomic mass is 35.5. The molecule has 0 aliphatic carbocycles. The second-order valence-corrected chi connectivity index (χ2v) is 9.39. The van der Waals surface area contributed by atoms with Gasteiger partial charge in [0.1, 0.15) is 11.5 Å². The highest BCUT2D eigenvalue weighted by molar-refractivity contribution is 6.30. The third kappa shape index (κ3) is 5.21. The molecule has 2 N–H and O–H groups in total. The molecule has 0 saturated carbocycles. The Morgan fingerprint density at radius 2 is 1.97 bits per heavy atom. The Kier molecular flexibility index (Phi) is 7.02. The van der Waals surface area contributed by atoms with Crippen molar-refractivity contribution in [1.82, 2.24) is 20.2 Å². The van der Waals surface area contributed by atoms with Gasteiger partial charge in [-0.25, -0.2) is 4.98 Å². The molecular weight excluding hydrogens is 440 g/mol. The molecule has 0 radical (unpaired) electrons. The van der Waals surface area contributed by atoms with Crippen molar-refractivity contribution >= 4 is 35.2 Å². The number of benzene rings is 1. The molecule has 2 aromatic rings. The van der Waals surface area contributed by atoms with Crippen LogP contribution >= 0.6 is 11.6 Å². The van der Waals surface area contributed by atoms with Crippen LogP contribution in [0.3, 0.4) is 0 Å². The van der Waals surface area contributed by atoms with Gasteiger partial charge in [-0.1, -0.05) is 23.7 Å². The fraction of sp³-hybridized carbons (Fsp3) is 0.500. The van der Waals surface area contributed by atoms with E-state index in [1.807, 2.05) is 30.9 Å². The van der Waals surface area contributed by atoms with Crippen molar-refractivity contribution in [2.24, 2.45) is 0 Å². The summed E-state index contributed by atoms with van der Waals surface area (Å²) in [6, 6.07) is 8.37. The number of hydrogen-bond donors (Lipinski definition) is 2. The van der Waals surface area contributed by atoms with Crippen LogP contribution in [0.1, 0.15) is 55.2 Å². The van der Waals surface area contributed by atoms with E-state index in [1.165, 1.54) is 12.5 Å². The van der Waals surface area contributed by atoms with Crippen LogP contribution in [0.15, 0.2) is 24.3 Å². The number of anilines is 2. The zero-order valence-corrected chi connectivity index (χ0v) is 20.2. The number of fused-ring (bicyclic) bond motifs is 1. The number of amides is 2. The van der Waals surface area contributed by atoms with Crippen molar-refractivity contribution < 1.29 is 9.59 Å². The standard InChI is InChI=1S/C24H31ClN6O2/c1-15(2)31-14-20-21(23(31)33)28-24(27-11-10-26-16(3)32)29-22(20)30-12-4-5-19(30)13-17-6-8-18(25)9-7-17/h6-9,15,19H,4-5,10-14H2,1-3H3,(H,26,32)(H,27,28,29). The molecule has 1 aromatic heterocycles. The molecule has 1 atom stereocenters. The maximum atomic E-state index is 13.1. The summed E-state index contributed by atoms with van der Waals surface area (Å²) in [5, 5.41) is 6.67. The second kappa shape index (κ2) is 9.95. The summed E-state index contributed by atoms with van der Waals surface area (Å²) in [6.45, 7) is 7.87. The zero-order valence-electron chi connectivity index (χ0n) is 19.4. The minimum Gasteiger partial charge on any atom is -0.355 e. The maximum Gasteiger partial charge on any atom is 0.273 e. The topological polar surface area (TPSA) is 90.5 Å². The van der Waals surface area contributed by atoms with Gasteiger partial charge in [0.05, 0.1) is 6.54 Å². The molecule has 9 heteroatoms. The number of aromatic nitrogens is 2. The largest absolute Gasteiger partial charge is 0.355 e. The molecule has 2 amide bonds. The average Bonchev–Trinajstić information content (AvgIpc) is 3.37. The molecule has 8 nitrogen and oxygen atoms in total. The van der Waals surface area contributed by atoms with Crippen LogP contribution in [-0.4, -0.2) is 58.4 Å². The molecule has 2 aliphatic heterocycles. The summed E-state index contributed by atoms with van der Waals surface area (Å²) in [7, 11) is 0. The van der Waals surface area contributed by atoms with Crippen molar-refractivity contribution in [2.75, 3.05) is 29.9 Å². The first kappa shape index (κ1) is 23.3. The van der Waals surface area contributed by atoms with Crippen molar-refractivity contribution in [1.29, 1.82) is 0 Å². The molecule has 1 fully saturated rings. The molecule has 3 heterocycles. The highest BCUT2D eigenvalue weighted by Gasteiger charge is 2.37. The SMILES string of the molecule is CC(=O)NCCNc1nc2c(c(N3CCCC3Cc3ccc(Cl)cc3)n1)CN(C(C)C)C2=O. The van der Waals surface area contributed by atoms with Crippen LogP contribution in [0.2, 0.25) is 5.02 Å². The Hall–Kier alpha value is -2.87. The molecular formula is C24H31ClN6O2. The van der Waals surface area contributed by atoms with Crippen molar-refractivity contribution in [3.63, 3.8) is 0 Å². The normalized spacial score (nSPS) is 17.6. The fourth-order valence-electron chi connectivity index (χ4n) is 4.54. The highest BCUT2D eigenvalue weighted by Crippen LogP contribution is 2.35. The summed E-state index contributed by atoms with van der Waals surface area (Å²) >= 11 is 6.06. The summed E-state index contributed by atoms with van der Waals surface area (Å²) in [5.74, 6) is 1.12. The van der Waals surface area contributed by atoms with E-state index in [0.29, 0.717) is 37.3 Å². The van der Waals surface area contributed by atoms with Crippen LogP contribution in [0.4, 0.5) is 11.8 Å². The van der Waals surface area contributed by atoms with Gasteiger partial charge in [0.25, 0.3) is 5.91 Å². The van der Waals surface area contributed by atoms with Gasteiger partial charge in [-0.2, -0.15) is 4.98 Å². The lowest BCUT2D eigenvalue weighted by Crippen LogP contribution is -2.33. The van der Waals surface area contributed by atoms with Crippen molar-refractivity contribution in [3.8, 4) is 0 Å². The Labute approximate surface area is 199 Å². The van der Waals surface area contributed by atoms with E-state index in [0.717, 1.165) is 42.2 Å². The third-order valence-corrected chi connectivity index (χ3v) is 6.47. The van der Waals surface area contributed by atoms with Crippen LogP contribution < -0.4 is 15.5 Å². The Morgan fingerprint density at radius 1 is 1.21 bits per heavy atom. The molecule has 1 unspecified atom stereocenters. The number of halogens is 1. The third-order valence-electron chi connectivity index (χ3n) is 6.22. The number of rotatable bonds is 8. The molecule has 1 saturated heterocycles. The predicted octanol–water partition coefficient (Wildman–Crippen LogP) is 3.25. The molecule has 0 bridgehead atoms. The lowest BCUT2D eigenvalue weighted by Gasteiger charge is -2.28. The molecule has 0 spiro atoms. The number of nitrogens with one attached hydrogen (secondary N) is 2. The van der Waals surface area contributed by atoms with E-state index < -0.39 is 0 Å². The Balaban J connectivity index is 1.62. The molecule has 33 heavy (non-hydrogen) atoms. The number of carbonyl (C=O) groups excluding carboxylic acids is 2. The van der Waals surface area contributed by atoms with Gasteiger partial charge in [0.2, 0.25) is 11.9 Å². The molecule has 176 valence electrons. The first-order chi connectivity index (χ1) is 15.8. The lowest BCUT2D eigenvalue weighted by molar-refractivity contribution is -0.118. The number of nitrogens with zero attached hydrogens (tertiary/aromatic N) is 4. The smallest absolute Gasteiger partial charge is 0.273 e. The van der Waals surface area contributed by atoms with E-state index in [1.54, 1.807) is 0 Å². The van der Waals surface area contributed by atoms with Gasteiger partial charge in [-0.3, -0.25) is 9.59 Å². The number of hydrogen-bond acceptors (Lipinski definition) is 6. The van der Waals surface area contributed by atoms with Crippen molar-refractivity contribution in [3.05, 3.63) is 46.1 Å². The van der Waals surface area contributed by atoms with Gasteiger partial charge in [-0.05, 0) is 50.8 Å². The summed E-state index contributed by atoms with van der Waals surface area (Å²) in [5.41, 5.74) is 2.62. The van der Waals surface area contributed by atoms with Gasteiger partial charge in [0, 0.05) is 49.2 Å².